The van der Waals surface area contributed by atoms with E-state index in [9.17, 15) is 19.1 Å². The molecule has 4 aromatic rings. The van der Waals surface area contributed by atoms with Crippen molar-refractivity contribution >= 4 is 28.5 Å². The van der Waals surface area contributed by atoms with Gasteiger partial charge < -0.3 is 24.8 Å². The van der Waals surface area contributed by atoms with Gasteiger partial charge in [0, 0.05) is 30.4 Å². The Kier molecular flexibility index (Phi) is 5.25. The van der Waals surface area contributed by atoms with E-state index in [0.717, 1.165) is 22.9 Å². The lowest BCUT2D eigenvalue weighted by molar-refractivity contribution is 0.0697. The van der Waals surface area contributed by atoms with Crippen LogP contribution in [0.4, 0.5) is 16.0 Å². The molecular formula is C27H23FN4O5. The first-order valence-electron chi connectivity index (χ1n) is 11.8. The van der Waals surface area contributed by atoms with Gasteiger partial charge in [0.05, 0.1) is 29.1 Å². The van der Waals surface area contributed by atoms with Crippen LogP contribution in [0.5, 0.6) is 11.5 Å². The van der Waals surface area contributed by atoms with Crippen LogP contribution >= 0.6 is 0 Å². The number of benzene rings is 3. The Bertz CT molecular complexity index is 1650. The first kappa shape index (κ1) is 22.8. The van der Waals surface area contributed by atoms with E-state index in [4.69, 9.17) is 14.5 Å². The van der Waals surface area contributed by atoms with Gasteiger partial charge in [-0.15, -0.1) is 0 Å². The molecule has 2 aliphatic rings. The monoisotopic (exact) mass is 502 g/mol. The second kappa shape index (κ2) is 8.51. The van der Waals surface area contributed by atoms with Crippen LogP contribution in [-0.4, -0.2) is 27.4 Å². The van der Waals surface area contributed by atoms with Gasteiger partial charge in [0.1, 0.15) is 5.82 Å². The van der Waals surface area contributed by atoms with Crippen LogP contribution in [0.15, 0.2) is 53.3 Å². The summed E-state index contributed by atoms with van der Waals surface area (Å²) in [6.07, 6.45) is 0. The number of carboxylic acids is 1. The lowest BCUT2D eigenvalue weighted by Crippen LogP contribution is -2.28. The molecule has 188 valence electrons. The van der Waals surface area contributed by atoms with E-state index in [-0.39, 0.29) is 23.6 Å². The van der Waals surface area contributed by atoms with Crippen LogP contribution < -0.4 is 25.2 Å². The van der Waals surface area contributed by atoms with Gasteiger partial charge in [-0.1, -0.05) is 18.2 Å². The van der Waals surface area contributed by atoms with Crippen molar-refractivity contribution in [1.29, 1.82) is 0 Å². The molecule has 3 aromatic carbocycles. The number of rotatable bonds is 5. The number of hydrogen-bond acceptors (Lipinski definition) is 7. The Morgan fingerprint density at radius 1 is 1.16 bits per heavy atom. The maximum Gasteiger partial charge on any atom is 0.337 e. The number of carbonyl (C=O) groups is 1. The lowest BCUT2D eigenvalue weighted by atomic mass is 10.0. The molecule has 0 radical (unpaired) electrons. The third-order valence-electron chi connectivity index (χ3n) is 6.90. The number of nitrogens with one attached hydrogen (secondary N) is 1. The number of anilines is 2. The summed E-state index contributed by atoms with van der Waals surface area (Å²) in [7, 11) is 1.70. The van der Waals surface area contributed by atoms with Gasteiger partial charge in [-0.05, 0) is 42.8 Å². The lowest BCUT2D eigenvalue weighted by Gasteiger charge is -2.22. The Balaban J connectivity index is 1.40. The maximum absolute atomic E-state index is 13.7. The summed E-state index contributed by atoms with van der Waals surface area (Å²) in [5.41, 5.74) is 3.23. The standard InChI is InChI=1S/C27H23FN4O5/c1-14(29-21-8-7-16(28)10-19(21)26(34)35)17-4-3-5-18-23(17)30-27(31(2)25(18)33)32-11-15-6-9-22-24(20(15)12-32)37-13-36-22/h3-10,14,29H,11-13H2,1-2H3,(H,34,35)/t14-/m1/s1. The van der Waals surface area contributed by atoms with Crippen molar-refractivity contribution in [2.24, 2.45) is 7.05 Å². The van der Waals surface area contributed by atoms with Crippen molar-refractivity contribution in [3.05, 3.63) is 87.0 Å². The molecule has 0 saturated carbocycles. The van der Waals surface area contributed by atoms with Gasteiger partial charge in [-0.25, -0.2) is 14.2 Å². The quantitative estimate of drug-likeness (QED) is 0.419. The number of ether oxygens (including phenoxy) is 2. The molecule has 2 N–H and O–H groups in total. The molecule has 0 aliphatic carbocycles. The molecule has 2 aliphatic heterocycles. The summed E-state index contributed by atoms with van der Waals surface area (Å²) < 4.78 is 26.4. The van der Waals surface area contributed by atoms with Crippen LogP contribution in [-0.2, 0) is 20.1 Å². The van der Waals surface area contributed by atoms with Crippen molar-refractivity contribution in [2.45, 2.75) is 26.1 Å². The van der Waals surface area contributed by atoms with E-state index in [1.807, 2.05) is 30.0 Å². The summed E-state index contributed by atoms with van der Waals surface area (Å²) in [4.78, 5) is 32.0. The number of nitrogens with zero attached hydrogens (tertiary/aromatic N) is 3. The molecule has 0 amide bonds. The van der Waals surface area contributed by atoms with E-state index in [2.05, 4.69) is 5.32 Å². The fourth-order valence-corrected chi connectivity index (χ4v) is 5.05. The molecule has 0 unspecified atom stereocenters. The minimum absolute atomic E-state index is 0.176. The molecule has 10 heteroatoms. The summed E-state index contributed by atoms with van der Waals surface area (Å²) in [5, 5.41) is 13.1. The first-order chi connectivity index (χ1) is 17.8. The highest BCUT2D eigenvalue weighted by atomic mass is 19.1. The SMILES string of the molecule is C[C@@H](Nc1ccc(F)cc1C(=O)O)c1cccc2c(=O)n(C)c(N3Cc4ccc5c(c4C3)OCO5)nc12. The van der Waals surface area contributed by atoms with Crippen LogP contribution in [0, 0.1) is 5.82 Å². The number of aromatic carboxylic acids is 1. The molecule has 9 nitrogen and oxygen atoms in total. The Morgan fingerprint density at radius 2 is 2.00 bits per heavy atom. The molecule has 1 atom stereocenters. The molecule has 6 rings (SSSR count). The van der Waals surface area contributed by atoms with E-state index in [1.165, 1.54) is 16.7 Å². The van der Waals surface area contributed by atoms with Crippen molar-refractivity contribution in [3.8, 4) is 11.5 Å². The summed E-state index contributed by atoms with van der Waals surface area (Å²) in [6, 6.07) is 12.4. The molecule has 37 heavy (non-hydrogen) atoms. The van der Waals surface area contributed by atoms with Crippen LogP contribution in [0.1, 0.15) is 40.0 Å². The number of para-hydroxylation sites is 1. The Morgan fingerprint density at radius 3 is 2.81 bits per heavy atom. The average molecular weight is 503 g/mol. The van der Waals surface area contributed by atoms with Crippen molar-refractivity contribution in [2.75, 3.05) is 17.0 Å². The topological polar surface area (TPSA) is 106 Å². The molecule has 0 bridgehead atoms. The third kappa shape index (κ3) is 3.72. The van der Waals surface area contributed by atoms with Crippen molar-refractivity contribution in [1.82, 2.24) is 9.55 Å². The smallest absolute Gasteiger partial charge is 0.337 e. The largest absolute Gasteiger partial charge is 0.478 e. The van der Waals surface area contributed by atoms with Crippen LogP contribution in [0.3, 0.4) is 0 Å². The molecular weight excluding hydrogens is 479 g/mol. The molecule has 0 saturated heterocycles. The van der Waals surface area contributed by atoms with Crippen molar-refractivity contribution in [3.63, 3.8) is 0 Å². The third-order valence-corrected chi connectivity index (χ3v) is 6.90. The van der Waals surface area contributed by atoms with Crippen LogP contribution in [0.25, 0.3) is 10.9 Å². The van der Waals surface area contributed by atoms with Gasteiger partial charge in [0.2, 0.25) is 12.7 Å². The molecule has 0 spiro atoms. The fraction of sp³-hybridized carbons (Fsp3) is 0.222. The predicted molar refractivity (Wildman–Crippen MR) is 135 cm³/mol. The average Bonchev–Trinajstić information content (AvgIpc) is 3.53. The number of hydrogen-bond donors (Lipinski definition) is 2. The van der Waals surface area contributed by atoms with E-state index < -0.39 is 17.8 Å². The summed E-state index contributed by atoms with van der Waals surface area (Å²) in [5.74, 6) is 0.0807. The summed E-state index contributed by atoms with van der Waals surface area (Å²) >= 11 is 0. The number of fused-ring (bicyclic) bond motifs is 4. The fourth-order valence-electron chi connectivity index (χ4n) is 5.05. The second-order valence-corrected chi connectivity index (χ2v) is 9.17. The van der Waals surface area contributed by atoms with Crippen molar-refractivity contribution < 1.29 is 23.8 Å². The maximum atomic E-state index is 13.7. The van der Waals surface area contributed by atoms with Gasteiger partial charge in [0.25, 0.3) is 5.56 Å². The van der Waals surface area contributed by atoms with Gasteiger partial charge in [0.15, 0.2) is 11.5 Å². The molecule has 3 heterocycles. The van der Waals surface area contributed by atoms with Gasteiger partial charge >= 0.3 is 5.97 Å². The molecule has 0 fully saturated rings. The van der Waals surface area contributed by atoms with Gasteiger partial charge in [-0.2, -0.15) is 0 Å². The highest BCUT2D eigenvalue weighted by molar-refractivity contribution is 5.94. The Labute approximate surface area is 210 Å². The minimum Gasteiger partial charge on any atom is -0.478 e. The minimum atomic E-state index is -1.24. The van der Waals surface area contributed by atoms with E-state index in [1.54, 1.807) is 19.2 Å². The number of carboxylic acid groups (broad SMARTS) is 1. The van der Waals surface area contributed by atoms with E-state index >= 15 is 0 Å². The number of aromatic nitrogens is 2. The second-order valence-electron chi connectivity index (χ2n) is 9.17. The zero-order valence-corrected chi connectivity index (χ0v) is 20.1. The normalized spacial score (nSPS) is 14.6. The van der Waals surface area contributed by atoms with Gasteiger partial charge in [-0.3, -0.25) is 9.36 Å². The summed E-state index contributed by atoms with van der Waals surface area (Å²) in [6.45, 7) is 3.10. The van der Waals surface area contributed by atoms with E-state index in [0.29, 0.717) is 41.3 Å². The zero-order chi connectivity index (χ0) is 25.8. The number of halogens is 1. The molecule has 1 aromatic heterocycles. The predicted octanol–water partition coefficient (Wildman–Crippen LogP) is 4.19. The zero-order valence-electron chi connectivity index (χ0n) is 20.1. The van der Waals surface area contributed by atoms with Crippen LogP contribution in [0.2, 0.25) is 0 Å². The highest BCUT2D eigenvalue weighted by Crippen LogP contribution is 2.42. The first-order valence-corrected chi connectivity index (χ1v) is 11.8. The Hall–Kier alpha value is -4.60. The highest BCUT2D eigenvalue weighted by Gasteiger charge is 2.30.